The fraction of sp³-hybridized carbons (Fsp3) is 0.409. The number of hydrogen-bond donors (Lipinski definition) is 1. The van der Waals surface area contributed by atoms with Crippen molar-refractivity contribution < 1.29 is 44.3 Å². The summed E-state index contributed by atoms with van der Waals surface area (Å²) in [4.78, 5) is 13.1. The number of rotatable bonds is 2. The molecule has 3 atom stereocenters. The molecule has 2 heterocycles. The highest BCUT2D eigenvalue weighted by Gasteiger charge is 2.53. The van der Waals surface area contributed by atoms with Crippen LogP contribution < -0.4 is 5.32 Å². The molecule has 1 aromatic carbocycles. The predicted molar refractivity (Wildman–Crippen MR) is 102 cm³/mol. The van der Waals surface area contributed by atoms with Crippen LogP contribution in [0.25, 0.3) is 0 Å². The van der Waals surface area contributed by atoms with E-state index >= 15 is 0 Å². The second-order valence-electron chi connectivity index (χ2n) is 8.40. The summed E-state index contributed by atoms with van der Waals surface area (Å²) in [5, 5.41) is 2.16. The lowest BCUT2D eigenvalue weighted by Gasteiger charge is -2.46. The SMILES string of the molecule is CN1[C@H](CC(F)(F)F)C=CC2=C3CC(=O)NC3=C(C(F)(F)F)C(c3cccc(C(F)(F)F)c3)[C@H]21. The van der Waals surface area contributed by atoms with Gasteiger partial charge in [-0.25, -0.2) is 0 Å². The Bertz CT molecular complexity index is 1110. The number of halogens is 9. The van der Waals surface area contributed by atoms with E-state index in [0.717, 1.165) is 17.0 Å². The van der Waals surface area contributed by atoms with E-state index in [-0.39, 0.29) is 16.7 Å². The minimum absolute atomic E-state index is 0.0147. The van der Waals surface area contributed by atoms with Gasteiger partial charge in [0.1, 0.15) is 0 Å². The van der Waals surface area contributed by atoms with Gasteiger partial charge in [0.15, 0.2) is 0 Å². The number of amides is 1. The Kier molecular flexibility index (Phi) is 5.66. The lowest BCUT2D eigenvalue weighted by Crippen LogP contribution is -2.51. The van der Waals surface area contributed by atoms with Crippen LogP contribution in [0.5, 0.6) is 0 Å². The summed E-state index contributed by atoms with van der Waals surface area (Å²) in [6, 6.07) is 0.586. The van der Waals surface area contributed by atoms with Crippen LogP contribution in [0, 0.1) is 0 Å². The van der Waals surface area contributed by atoms with Crippen LogP contribution >= 0.6 is 0 Å². The van der Waals surface area contributed by atoms with Gasteiger partial charge >= 0.3 is 18.5 Å². The average Bonchev–Trinajstić information content (AvgIpc) is 3.07. The van der Waals surface area contributed by atoms with Gasteiger partial charge < -0.3 is 5.32 Å². The first-order valence-corrected chi connectivity index (χ1v) is 10.1. The molecule has 1 unspecified atom stereocenters. The summed E-state index contributed by atoms with van der Waals surface area (Å²) in [6.07, 6.45) is -13.9. The van der Waals surface area contributed by atoms with Crippen LogP contribution in [0.2, 0.25) is 0 Å². The van der Waals surface area contributed by atoms with Crippen molar-refractivity contribution in [2.45, 2.75) is 49.4 Å². The van der Waals surface area contributed by atoms with E-state index in [0.29, 0.717) is 12.1 Å². The molecule has 3 nitrogen and oxygen atoms in total. The molecule has 1 N–H and O–H groups in total. The van der Waals surface area contributed by atoms with Crippen molar-refractivity contribution in [1.82, 2.24) is 10.2 Å². The Morgan fingerprint density at radius 3 is 2.29 bits per heavy atom. The summed E-state index contributed by atoms with van der Waals surface area (Å²) in [7, 11) is 1.20. The number of likely N-dealkylation sites (N-methyl/N-ethyl adjacent to an activating group) is 1. The summed E-state index contributed by atoms with van der Waals surface area (Å²) < 4.78 is 123. The molecule has 0 bridgehead atoms. The quantitative estimate of drug-likeness (QED) is 0.539. The Morgan fingerprint density at radius 1 is 1.03 bits per heavy atom. The standard InChI is InChI=1S/C22H17F9N2O/c1-33-12(9-20(23,24)25)5-6-13-14-8-15(34)32-18(14)17(22(29,30)31)16(19(13)33)10-3-2-4-11(7-10)21(26,27)28/h2-7,12,16,19H,8-9H2,1H3,(H,32,34)/t12-,16?,19-/m0/s1. The van der Waals surface area contributed by atoms with Gasteiger partial charge in [-0.2, -0.15) is 39.5 Å². The summed E-state index contributed by atoms with van der Waals surface area (Å²) in [5.74, 6) is -2.55. The van der Waals surface area contributed by atoms with Crippen molar-refractivity contribution in [3.63, 3.8) is 0 Å². The number of benzene rings is 1. The molecule has 1 amide bonds. The topological polar surface area (TPSA) is 32.3 Å². The third kappa shape index (κ3) is 4.35. The second-order valence-corrected chi connectivity index (χ2v) is 8.40. The molecule has 0 radical (unpaired) electrons. The van der Waals surface area contributed by atoms with E-state index in [1.54, 1.807) is 0 Å². The van der Waals surface area contributed by atoms with Crippen LogP contribution in [0.15, 0.2) is 58.8 Å². The molecule has 3 aliphatic rings. The van der Waals surface area contributed by atoms with Crippen LogP contribution in [-0.4, -0.2) is 42.3 Å². The number of fused-ring (bicyclic) bond motifs is 2. The largest absolute Gasteiger partial charge is 0.416 e. The summed E-state index contributed by atoms with van der Waals surface area (Å²) in [6.45, 7) is 0. The lowest BCUT2D eigenvalue weighted by molar-refractivity contribution is -0.145. The molecule has 4 rings (SSSR count). The van der Waals surface area contributed by atoms with Crippen molar-refractivity contribution in [1.29, 1.82) is 0 Å². The van der Waals surface area contributed by atoms with E-state index in [1.807, 2.05) is 0 Å². The lowest BCUT2D eigenvalue weighted by atomic mass is 9.71. The Morgan fingerprint density at radius 2 is 1.71 bits per heavy atom. The smallest absolute Gasteiger partial charge is 0.325 e. The van der Waals surface area contributed by atoms with E-state index in [4.69, 9.17) is 0 Å². The summed E-state index contributed by atoms with van der Waals surface area (Å²) in [5.41, 5.74) is -3.23. The molecule has 2 aliphatic heterocycles. The highest BCUT2D eigenvalue weighted by atomic mass is 19.4. The minimum atomic E-state index is -5.08. The van der Waals surface area contributed by atoms with Gasteiger partial charge in [-0.1, -0.05) is 30.4 Å². The minimum Gasteiger partial charge on any atom is -0.325 e. The molecule has 184 valence electrons. The number of nitrogens with one attached hydrogen (secondary N) is 1. The van der Waals surface area contributed by atoms with Gasteiger partial charge in [0.05, 0.1) is 29.7 Å². The normalized spacial score (nSPS) is 26.1. The van der Waals surface area contributed by atoms with Crippen LogP contribution in [0.3, 0.4) is 0 Å². The number of hydrogen-bond acceptors (Lipinski definition) is 2. The Labute approximate surface area is 187 Å². The van der Waals surface area contributed by atoms with Gasteiger partial charge in [-0.05, 0) is 29.8 Å². The number of carbonyl (C=O) groups excluding carboxylic acids is 1. The van der Waals surface area contributed by atoms with Gasteiger partial charge in [0.2, 0.25) is 5.91 Å². The van der Waals surface area contributed by atoms with Crippen molar-refractivity contribution in [2.24, 2.45) is 0 Å². The van der Waals surface area contributed by atoms with Crippen LogP contribution in [-0.2, 0) is 11.0 Å². The van der Waals surface area contributed by atoms with Gasteiger partial charge in [0, 0.05) is 18.0 Å². The Hall–Kier alpha value is -2.76. The molecule has 0 saturated carbocycles. The predicted octanol–water partition coefficient (Wildman–Crippen LogP) is 5.63. The Balaban J connectivity index is 1.96. The molecule has 0 aromatic heterocycles. The molecule has 1 aliphatic carbocycles. The fourth-order valence-electron chi connectivity index (χ4n) is 4.89. The molecule has 12 heteroatoms. The van der Waals surface area contributed by atoms with Crippen molar-refractivity contribution in [3.05, 3.63) is 70.0 Å². The maximum absolute atomic E-state index is 14.4. The zero-order valence-corrected chi connectivity index (χ0v) is 17.4. The number of allylic oxidation sites excluding steroid dienone is 1. The third-order valence-electron chi connectivity index (χ3n) is 6.25. The van der Waals surface area contributed by atoms with Gasteiger partial charge in [0.25, 0.3) is 0 Å². The maximum Gasteiger partial charge on any atom is 0.416 e. The van der Waals surface area contributed by atoms with Crippen LogP contribution in [0.1, 0.15) is 29.9 Å². The highest BCUT2D eigenvalue weighted by molar-refractivity contribution is 5.89. The fourth-order valence-corrected chi connectivity index (χ4v) is 4.89. The van der Waals surface area contributed by atoms with Crippen molar-refractivity contribution in [2.75, 3.05) is 7.05 Å². The monoisotopic (exact) mass is 496 g/mol. The van der Waals surface area contributed by atoms with Gasteiger partial charge in [-0.15, -0.1) is 0 Å². The molecular weight excluding hydrogens is 479 g/mol. The zero-order chi connectivity index (χ0) is 25.2. The van der Waals surface area contributed by atoms with E-state index in [9.17, 15) is 44.3 Å². The van der Waals surface area contributed by atoms with Gasteiger partial charge in [-0.3, -0.25) is 9.69 Å². The van der Waals surface area contributed by atoms with Crippen molar-refractivity contribution >= 4 is 5.91 Å². The molecule has 1 saturated heterocycles. The maximum atomic E-state index is 14.4. The molecule has 34 heavy (non-hydrogen) atoms. The first-order chi connectivity index (χ1) is 15.6. The number of carbonyl (C=O) groups is 1. The first kappa shape index (κ1) is 24.4. The number of alkyl halides is 9. The van der Waals surface area contributed by atoms with Crippen LogP contribution in [0.4, 0.5) is 39.5 Å². The first-order valence-electron chi connectivity index (χ1n) is 10.1. The highest BCUT2D eigenvalue weighted by Crippen LogP contribution is 2.52. The zero-order valence-electron chi connectivity index (χ0n) is 17.4. The second kappa shape index (κ2) is 7.89. The average molecular weight is 496 g/mol. The van der Waals surface area contributed by atoms with E-state index in [1.165, 1.54) is 19.2 Å². The molecule has 1 fully saturated rings. The third-order valence-corrected chi connectivity index (χ3v) is 6.25. The van der Waals surface area contributed by atoms with E-state index in [2.05, 4.69) is 5.32 Å². The molecular formula is C22H17F9N2O. The molecule has 0 spiro atoms. The summed E-state index contributed by atoms with van der Waals surface area (Å²) >= 11 is 0. The van der Waals surface area contributed by atoms with E-state index < -0.39 is 72.1 Å². The van der Waals surface area contributed by atoms with Crippen molar-refractivity contribution in [3.8, 4) is 0 Å². The molecule has 1 aromatic rings. The number of nitrogens with zero attached hydrogens (tertiary/aromatic N) is 1.